The van der Waals surface area contributed by atoms with Crippen molar-refractivity contribution in [3.8, 4) is 0 Å². The van der Waals surface area contributed by atoms with Gasteiger partial charge in [0, 0.05) is 18.0 Å². The van der Waals surface area contributed by atoms with E-state index in [1.165, 1.54) is 32.1 Å². The minimum atomic E-state index is -0.712. The number of piperidine rings is 1. The summed E-state index contributed by atoms with van der Waals surface area (Å²) in [6, 6.07) is 0.126. The molecule has 0 bridgehead atoms. The second-order valence-electron chi connectivity index (χ2n) is 10.3. The van der Waals surface area contributed by atoms with Crippen molar-refractivity contribution in [1.29, 1.82) is 0 Å². The van der Waals surface area contributed by atoms with Crippen molar-refractivity contribution in [3.05, 3.63) is 12.2 Å². The fourth-order valence-electron chi connectivity index (χ4n) is 6.98. The predicted molar refractivity (Wildman–Crippen MR) is 112 cm³/mol. The number of nitrogens with zero attached hydrogens (tertiary/aromatic N) is 1. The van der Waals surface area contributed by atoms with E-state index in [4.69, 9.17) is 0 Å². The normalized spacial score (nSPS) is 40.7. The molecule has 2 saturated carbocycles. The van der Waals surface area contributed by atoms with Gasteiger partial charge in [-0.1, -0.05) is 51.2 Å². The number of rotatable bonds is 6. The standard InChI is InChI=1S/C24H39NO4/c1-15(12-16-6-3-2-4-7-16)22(26)11-10-18-19-13-17-8-5-9-20(24(28)29)25(17)21(19)14-23(18)27/h10-11,15-23,26-27H,2-9,12-14H2,1H3,(H,28,29)/b11-10+/t15?,17?,18-,19-,20?,21-,22+,23-/m1/s1. The smallest absolute Gasteiger partial charge is 0.320 e. The van der Waals surface area contributed by atoms with Crippen LogP contribution in [0.4, 0.5) is 0 Å². The molecule has 0 radical (unpaired) electrons. The second-order valence-corrected chi connectivity index (χ2v) is 10.3. The first kappa shape index (κ1) is 21.3. The van der Waals surface area contributed by atoms with E-state index in [1.807, 2.05) is 6.08 Å². The van der Waals surface area contributed by atoms with Crippen LogP contribution in [-0.4, -0.2) is 56.5 Å². The highest BCUT2D eigenvalue weighted by molar-refractivity contribution is 5.73. The molecule has 0 aromatic heterocycles. The van der Waals surface area contributed by atoms with Crippen LogP contribution in [0.25, 0.3) is 0 Å². The molecule has 2 saturated heterocycles. The third kappa shape index (κ3) is 4.42. The lowest BCUT2D eigenvalue weighted by Gasteiger charge is -2.38. The number of aliphatic carboxylic acids is 1. The van der Waals surface area contributed by atoms with Crippen molar-refractivity contribution in [2.24, 2.45) is 23.7 Å². The highest BCUT2D eigenvalue weighted by Gasteiger charge is 2.55. The summed E-state index contributed by atoms with van der Waals surface area (Å²) in [7, 11) is 0. The molecule has 2 heterocycles. The zero-order valence-corrected chi connectivity index (χ0v) is 17.8. The van der Waals surface area contributed by atoms with Crippen LogP contribution in [0, 0.1) is 23.7 Å². The SMILES string of the molecule is CC(CC1CCCCC1)[C@@H](O)/C=C/[C@@H]1[C@H]2CC3CCCC(C(=O)O)N3[C@@H]2C[C@H]1O. The van der Waals surface area contributed by atoms with E-state index >= 15 is 0 Å². The first-order chi connectivity index (χ1) is 14.0. The van der Waals surface area contributed by atoms with Gasteiger partial charge in [0.1, 0.15) is 6.04 Å². The number of fused-ring (bicyclic) bond motifs is 3. The van der Waals surface area contributed by atoms with Crippen LogP contribution in [0.5, 0.6) is 0 Å². The predicted octanol–water partition coefficient (Wildman–Crippen LogP) is 3.59. The van der Waals surface area contributed by atoms with Crippen LogP contribution in [0.3, 0.4) is 0 Å². The Bertz CT molecular complexity index is 602. The van der Waals surface area contributed by atoms with Crippen molar-refractivity contribution in [3.63, 3.8) is 0 Å². The lowest BCUT2D eigenvalue weighted by Crippen LogP contribution is -2.51. The number of aliphatic hydroxyl groups is 2. The number of carboxylic acids is 1. The Balaban J connectivity index is 1.38. The highest BCUT2D eigenvalue weighted by Crippen LogP contribution is 2.49. The lowest BCUT2D eigenvalue weighted by atomic mass is 9.81. The van der Waals surface area contributed by atoms with E-state index in [-0.39, 0.29) is 23.9 Å². The third-order valence-electron chi connectivity index (χ3n) is 8.47. The Morgan fingerprint density at radius 2 is 1.86 bits per heavy atom. The van der Waals surface area contributed by atoms with Crippen LogP contribution >= 0.6 is 0 Å². The summed E-state index contributed by atoms with van der Waals surface area (Å²) >= 11 is 0. The lowest BCUT2D eigenvalue weighted by molar-refractivity contribution is -0.146. The Hall–Kier alpha value is -0.910. The fourth-order valence-corrected chi connectivity index (χ4v) is 6.98. The molecule has 4 rings (SSSR count). The quantitative estimate of drug-likeness (QED) is 0.589. The Morgan fingerprint density at radius 3 is 2.59 bits per heavy atom. The van der Waals surface area contributed by atoms with E-state index in [1.54, 1.807) is 0 Å². The Morgan fingerprint density at radius 1 is 1.10 bits per heavy atom. The van der Waals surface area contributed by atoms with Crippen molar-refractivity contribution in [1.82, 2.24) is 4.90 Å². The topological polar surface area (TPSA) is 81.0 Å². The van der Waals surface area contributed by atoms with Gasteiger partial charge in [-0.2, -0.15) is 0 Å². The third-order valence-corrected chi connectivity index (χ3v) is 8.47. The summed E-state index contributed by atoms with van der Waals surface area (Å²) in [6.07, 6.45) is 15.2. The average Bonchev–Trinajstić information content (AvgIpc) is 3.21. The van der Waals surface area contributed by atoms with Gasteiger partial charge in [-0.3, -0.25) is 9.69 Å². The molecule has 5 heteroatoms. The number of aliphatic hydroxyl groups excluding tert-OH is 2. The summed E-state index contributed by atoms with van der Waals surface area (Å²) < 4.78 is 0. The molecule has 4 fully saturated rings. The molecule has 5 nitrogen and oxygen atoms in total. The number of carbonyl (C=O) groups is 1. The van der Waals surface area contributed by atoms with Gasteiger partial charge in [-0.15, -0.1) is 0 Å². The molecule has 2 aliphatic heterocycles. The van der Waals surface area contributed by atoms with Gasteiger partial charge in [0.25, 0.3) is 0 Å². The minimum absolute atomic E-state index is 0.0385. The van der Waals surface area contributed by atoms with E-state index in [0.717, 1.165) is 38.0 Å². The van der Waals surface area contributed by atoms with Gasteiger partial charge in [-0.05, 0) is 56.3 Å². The molecule has 29 heavy (non-hydrogen) atoms. The summed E-state index contributed by atoms with van der Waals surface area (Å²) in [6.45, 7) is 2.14. The molecular weight excluding hydrogens is 366 g/mol. The van der Waals surface area contributed by atoms with E-state index in [2.05, 4.69) is 17.9 Å². The van der Waals surface area contributed by atoms with E-state index in [0.29, 0.717) is 18.4 Å². The van der Waals surface area contributed by atoms with Gasteiger partial charge in [0.15, 0.2) is 0 Å². The van der Waals surface area contributed by atoms with Gasteiger partial charge in [-0.25, -0.2) is 0 Å². The van der Waals surface area contributed by atoms with Crippen molar-refractivity contribution < 1.29 is 20.1 Å². The molecule has 164 valence electrons. The fraction of sp³-hybridized carbons (Fsp3) is 0.875. The molecule has 8 atom stereocenters. The van der Waals surface area contributed by atoms with Crippen LogP contribution in [-0.2, 0) is 4.79 Å². The zero-order chi connectivity index (χ0) is 20.5. The monoisotopic (exact) mass is 405 g/mol. The first-order valence-electron chi connectivity index (χ1n) is 12.0. The maximum atomic E-state index is 11.8. The van der Waals surface area contributed by atoms with Crippen LogP contribution < -0.4 is 0 Å². The molecule has 3 N–H and O–H groups in total. The van der Waals surface area contributed by atoms with Crippen molar-refractivity contribution in [2.45, 2.75) is 108 Å². The molecule has 0 aromatic carbocycles. The van der Waals surface area contributed by atoms with Crippen LogP contribution in [0.1, 0.15) is 77.6 Å². The molecule has 0 amide bonds. The van der Waals surface area contributed by atoms with Gasteiger partial charge in [0.2, 0.25) is 0 Å². The summed E-state index contributed by atoms with van der Waals surface area (Å²) in [5.74, 6) is 0.636. The molecule has 4 aliphatic rings. The van der Waals surface area contributed by atoms with E-state index < -0.39 is 18.2 Å². The maximum absolute atomic E-state index is 11.8. The van der Waals surface area contributed by atoms with Crippen molar-refractivity contribution in [2.75, 3.05) is 0 Å². The molecule has 0 spiro atoms. The maximum Gasteiger partial charge on any atom is 0.320 e. The van der Waals surface area contributed by atoms with Gasteiger partial charge < -0.3 is 15.3 Å². The van der Waals surface area contributed by atoms with Crippen LogP contribution in [0.2, 0.25) is 0 Å². The second kappa shape index (κ2) is 9.07. The Labute approximate surface area is 175 Å². The Kier molecular flexibility index (Phi) is 6.67. The molecule has 0 aromatic rings. The first-order valence-corrected chi connectivity index (χ1v) is 12.0. The molecule has 3 unspecified atom stereocenters. The number of hydrogen-bond acceptors (Lipinski definition) is 4. The van der Waals surface area contributed by atoms with Gasteiger partial charge in [0.05, 0.1) is 12.2 Å². The summed E-state index contributed by atoms with van der Waals surface area (Å²) in [5, 5.41) is 31.1. The largest absolute Gasteiger partial charge is 0.480 e. The van der Waals surface area contributed by atoms with Crippen LogP contribution in [0.15, 0.2) is 12.2 Å². The summed E-state index contributed by atoms with van der Waals surface area (Å²) in [5.41, 5.74) is 0. The number of carboxylic acid groups (broad SMARTS) is 1. The highest BCUT2D eigenvalue weighted by atomic mass is 16.4. The minimum Gasteiger partial charge on any atom is -0.480 e. The average molecular weight is 406 g/mol. The van der Waals surface area contributed by atoms with Gasteiger partial charge >= 0.3 is 5.97 Å². The summed E-state index contributed by atoms with van der Waals surface area (Å²) in [4.78, 5) is 14.0. The number of hydrogen-bond donors (Lipinski definition) is 3. The molecular formula is C24H39NO4. The van der Waals surface area contributed by atoms with Crippen molar-refractivity contribution >= 4 is 5.97 Å². The molecule has 2 aliphatic carbocycles. The van der Waals surface area contributed by atoms with E-state index in [9.17, 15) is 20.1 Å². The zero-order valence-electron chi connectivity index (χ0n) is 17.8.